The van der Waals surface area contributed by atoms with Crippen LogP contribution in [0.5, 0.6) is 0 Å². The van der Waals surface area contributed by atoms with Crippen molar-refractivity contribution in [3.05, 3.63) is 11.4 Å². The number of hydrogen-bond acceptors (Lipinski definition) is 6. The summed E-state index contributed by atoms with van der Waals surface area (Å²) < 4.78 is 0. The molecule has 0 bridgehead atoms. The Balaban J connectivity index is 2.13. The van der Waals surface area contributed by atoms with E-state index in [-0.39, 0.29) is 0 Å². The summed E-state index contributed by atoms with van der Waals surface area (Å²) in [5.74, 6) is 1.65. The van der Waals surface area contributed by atoms with E-state index in [4.69, 9.17) is 0 Å². The molecule has 0 saturated heterocycles. The lowest BCUT2D eigenvalue weighted by molar-refractivity contribution is 0.850. The van der Waals surface area contributed by atoms with E-state index in [2.05, 4.69) is 52.2 Å². The van der Waals surface area contributed by atoms with Crippen LogP contribution >= 0.6 is 23.1 Å². The van der Waals surface area contributed by atoms with Crippen molar-refractivity contribution in [3.8, 4) is 0 Å². The van der Waals surface area contributed by atoms with E-state index < -0.39 is 0 Å². The zero-order valence-corrected chi connectivity index (χ0v) is 13.2. The molecule has 19 heavy (non-hydrogen) atoms. The van der Waals surface area contributed by atoms with Gasteiger partial charge >= 0.3 is 0 Å². The molecule has 0 aliphatic heterocycles. The molecule has 0 saturated carbocycles. The summed E-state index contributed by atoms with van der Waals surface area (Å²) in [5.41, 5.74) is 0. The lowest BCUT2D eigenvalue weighted by atomic mass is 10.3. The monoisotopic (exact) mass is 296 g/mol. The quantitative estimate of drug-likeness (QED) is 0.816. The second-order valence-corrected chi connectivity index (χ2v) is 6.50. The Kier molecular flexibility index (Phi) is 5.27. The Hall–Kier alpha value is -1.01. The van der Waals surface area contributed by atoms with Crippen LogP contribution < -0.4 is 10.6 Å². The number of anilines is 2. The van der Waals surface area contributed by atoms with Crippen LogP contribution in [-0.2, 0) is 0 Å². The maximum atomic E-state index is 4.55. The van der Waals surface area contributed by atoms with E-state index in [9.17, 15) is 0 Å². The molecule has 2 aromatic heterocycles. The van der Waals surface area contributed by atoms with Crippen LogP contribution in [-0.4, -0.2) is 34.6 Å². The van der Waals surface area contributed by atoms with Gasteiger partial charge in [0.1, 0.15) is 10.6 Å². The van der Waals surface area contributed by atoms with E-state index in [0.29, 0.717) is 11.2 Å². The molecule has 2 N–H and O–H groups in total. The van der Waals surface area contributed by atoms with Gasteiger partial charge in [0.05, 0.1) is 5.39 Å². The molecule has 0 aliphatic carbocycles. The van der Waals surface area contributed by atoms with Crippen LogP contribution in [0.15, 0.2) is 11.4 Å². The summed E-state index contributed by atoms with van der Waals surface area (Å²) in [7, 11) is 0. The summed E-state index contributed by atoms with van der Waals surface area (Å²) in [4.78, 5) is 10.1. The van der Waals surface area contributed by atoms with Gasteiger partial charge in [-0.3, -0.25) is 0 Å². The highest BCUT2D eigenvalue weighted by molar-refractivity contribution is 7.99. The third kappa shape index (κ3) is 3.73. The highest BCUT2D eigenvalue weighted by Crippen LogP contribution is 2.26. The van der Waals surface area contributed by atoms with Crippen LogP contribution in [0.4, 0.5) is 11.8 Å². The van der Waals surface area contributed by atoms with Crippen molar-refractivity contribution in [1.82, 2.24) is 9.97 Å². The van der Waals surface area contributed by atoms with Crippen LogP contribution in [0.25, 0.3) is 10.2 Å². The molecule has 104 valence electrons. The van der Waals surface area contributed by atoms with Gasteiger partial charge < -0.3 is 10.6 Å². The van der Waals surface area contributed by atoms with Crippen molar-refractivity contribution in [2.75, 3.05) is 30.0 Å². The van der Waals surface area contributed by atoms with E-state index in [1.54, 1.807) is 11.3 Å². The lowest BCUT2D eigenvalue weighted by Gasteiger charge is -2.11. The standard InChI is InChI=1S/C13H20N4S2/c1-4-14-13-16-11(15-7-5-9(2)18-3)10-6-8-19-12(10)17-13/h6,8-9H,4-5,7H2,1-3H3,(H2,14,15,16,17). The minimum absolute atomic E-state index is 0.667. The van der Waals surface area contributed by atoms with Crippen molar-refractivity contribution >= 4 is 45.1 Å². The third-order valence-corrected chi connectivity index (χ3v) is 4.75. The van der Waals surface area contributed by atoms with E-state index in [1.165, 1.54) is 0 Å². The average molecular weight is 296 g/mol. The van der Waals surface area contributed by atoms with Gasteiger partial charge in [0, 0.05) is 18.3 Å². The zero-order valence-electron chi connectivity index (χ0n) is 11.6. The summed E-state index contributed by atoms with van der Waals surface area (Å²) in [6, 6.07) is 2.08. The number of hydrogen-bond donors (Lipinski definition) is 2. The highest BCUT2D eigenvalue weighted by Gasteiger charge is 2.08. The summed E-state index contributed by atoms with van der Waals surface area (Å²) >= 11 is 3.54. The van der Waals surface area contributed by atoms with Crippen molar-refractivity contribution in [2.24, 2.45) is 0 Å². The molecule has 0 spiro atoms. The van der Waals surface area contributed by atoms with Gasteiger partial charge in [0.25, 0.3) is 0 Å². The molecule has 1 atom stereocenters. The number of nitrogens with zero attached hydrogens (tertiary/aromatic N) is 2. The van der Waals surface area contributed by atoms with Crippen molar-refractivity contribution in [2.45, 2.75) is 25.5 Å². The van der Waals surface area contributed by atoms with E-state index in [1.807, 2.05) is 11.8 Å². The van der Waals surface area contributed by atoms with Crippen LogP contribution in [0.3, 0.4) is 0 Å². The Morgan fingerprint density at radius 3 is 2.95 bits per heavy atom. The first-order valence-corrected chi connectivity index (χ1v) is 8.67. The first kappa shape index (κ1) is 14.4. The molecule has 0 aliphatic rings. The van der Waals surface area contributed by atoms with E-state index >= 15 is 0 Å². The molecular formula is C13H20N4S2. The molecule has 2 rings (SSSR count). The fourth-order valence-corrected chi connectivity index (χ4v) is 2.86. The van der Waals surface area contributed by atoms with Crippen molar-refractivity contribution in [3.63, 3.8) is 0 Å². The maximum absolute atomic E-state index is 4.55. The second-order valence-electron chi connectivity index (χ2n) is 4.33. The zero-order chi connectivity index (χ0) is 13.7. The lowest BCUT2D eigenvalue weighted by Crippen LogP contribution is -2.10. The number of rotatable bonds is 7. The largest absolute Gasteiger partial charge is 0.369 e. The summed E-state index contributed by atoms with van der Waals surface area (Å²) in [5, 5.41) is 10.5. The Morgan fingerprint density at radius 2 is 2.21 bits per heavy atom. The number of fused-ring (bicyclic) bond motifs is 1. The number of aromatic nitrogens is 2. The molecule has 2 heterocycles. The summed E-state index contributed by atoms with van der Waals surface area (Å²) in [6.07, 6.45) is 3.28. The molecule has 1 unspecified atom stereocenters. The van der Waals surface area contributed by atoms with E-state index in [0.717, 1.165) is 35.5 Å². The summed E-state index contributed by atoms with van der Waals surface area (Å²) in [6.45, 7) is 6.07. The van der Waals surface area contributed by atoms with Crippen LogP contribution in [0.2, 0.25) is 0 Å². The Bertz CT molecular complexity index is 526. The third-order valence-electron chi connectivity index (χ3n) is 2.91. The molecule has 4 nitrogen and oxygen atoms in total. The normalized spacial score (nSPS) is 12.6. The predicted molar refractivity (Wildman–Crippen MR) is 87.7 cm³/mol. The predicted octanol–water partition coefficient (Wildman–Crippen LogP) is 3.68. The second kappa shape index (κ2) is 6.96. The first-order valence-electron chi connectivity index (χ1n) is 6.50. The fourth-order valence-electron chi connectivity index (χ4n) is 1.74. The van der Waals surface area contributed by atoms with Gasteiger partial charge in [-0.2, -0.15) is 16.7 Å². The molecular weight excluding hydrogens is 276 g/mol. The minimum atomic E-state index is 0.667. The first-order chi connectivity index (χ1) is 9.24. The van der Waals surface area contributed by atoms with Crippen molar-refractivity contribution in [1.29, 1.82) is 0 Å². The number of nitrogens with one attached hydrogen (secondary N) is 2. The van der Waals surface area contributed by atoms with Crippen molar-refractivity contribution < 1.29 is 0 Å². The fraction of sp³-hybridized carbons (Fsp3) is 0.538. The van der Waals surface area contributed by atoms with Gasteiger partial charge in [-0.15, -0.1) is 11.3 Å². The van der Waals surface area contributed by atoms with Crippen LogP contribution in [0, 0.1) is 0 Å². The number of thioether (sulfide) groups is 1. The van der Waals surface area contributed by atoms with Crippen LogP contribution in [0.1, 0.15) is 20.3 Å². The molecule has 0 fully saturated rings. The Morgan fingerprint density at radius 1 is 1.37 bits per heavy atom. The topological polar surface area (TPSA) is 49.8 Å². The number of thiophene rings is 1. The molecule has 0 radical (unpaired) electrons. The smallest absolute Gasteiger partial charge is 0.226 e. The average Bonchev–Trinajstić information content (AvgIpc) is 2.87. The SMILES string of the molecule is CCNc1nc(NCCC(C)SC)c2ccsc2n1. The maximum Gasteiger partial charge on any atom is 0.226 e. The molecule has 0 amide bonds. The van der Waals surface area contributed by atoms with Gasteiger partial charge in [-0.25, -0.2) is 4.98 Å². The van der Waals surface area contributed by atoms with Gasteiger partial charge in [-0.1, -0.05) is 6.92 Å². The van der Waals surface area contributed by atoms with Gasteiger partial charge in [-0.05, 0) is 31.0 Å². The molecule has 6 heteroatoms. The molecule has 2 aromatic rings. The minimum Gasteiger partial charge on any atom is -0.369 e. The Labute approximate surface area is 122 Å². The van der Waals surface area contributed by atoms with Gasteiger partial charge in [0.2, 0.25) is 5.95 Å². The molecule has 0 aromatic carbocycles. The van der Waals surface area contributed by atoms with Gasteiger partial charge in [0.15, 0.2) is 0 Å². The highest BCUT2D eigenvalue weighted by atomic mass is 32.2.